The van der Waals surface area contributed by atoms with Crippen molar-refractivity contribution >= 4 is 16.8 Å². The van der Waals surface area contributed by atoms with Crippen molar-refractivity contribution < 1.29 is 14.3 Å². The van der Waals surface area contributed by atoms with E-state index >= 15 is 0 Å². The van der Waals surface area contributed by atoms with E-state index in [1.807, 2.05) is 49.3 Å². The molecule has 8 nitrogen and oxygen atoms in total. The van der Waals surface area contributed by atoms with Crippen molar-refractivity contribution in [3.8, 4) is 5.75 Å². The molecule has 0 saturated heterocycles. The Morgan fingerprint density at radius 1 is 1.17 bits per heavy atom. The second kappa shape index (κ2) is 10.00. The molecule has 2 aromatic carbocycles. The van der Waals surface area contributed by atoms with Gasteiger partial charge in [-0.1, -0.05) is 24.3 Å². The van der Waals surface area contributed by atoms with E-state index in [2.05, 4.69) is 15.3 Å². The van der Waals surface area contributed by atoms with Crippen molar-refractivity contribution in [2.24, 2.45) is 0 Å². The molecule has 1 heterocycles. The summed E-state index contributed by atoms with van der Waals surface area (Å²) in [5.74, 6) is 0.934. The van der Waals surface area contributed by atoms with Crippen LogP contribution in [0.3, 0.4) is 0 Å². The largest absolute Gasteiger partial charge is 0.497 e. The Bertz CT molecular complexity index is 1050. The number of carbonyl (C=O) groups excluding carboxylic acids is 1. The summed E-state index contributed by atoms with van der Waals surface area (Å²) in [4.78, 5) is 33.3. The first-order valence-electron chi connectivity index (χ1n) is 9.60. The number of nitrogens with zero attached hydrogens (tertiary/aromatic N) is 2. The van der Waals surface area contributed by atoms with Crippen molar-refractivity contribution in [3.05, 3.63) is 70.3 Å². The Hall–Kier alpha value is -3.23. The number of likely N-dealkylation sites (N-methyl/N-ethyl adjacent to an activating group) is 1. The lowest BCUT2D eigenvalue weighted by Crippen LogP contribution is -2.36. The fraction of sp³-hybridized carbons (Fsp3) is 0.318. The van der Waals surface area contributed by atoms with Gasteiger partial charge in [-0.15, -0.1) is 0 Å². The predicted octanol–water partition coefficient (Wildman–Crippen LogP) is 1.87. The van der Waals surface area contributed by atoms with Crippen LogP contribution in [0.15, 0.2) is 53.3 Å². The van der Waals surface area contributed by atoms with Crippen LogP contribution < -0.4 is 15.6 Å². The first-order chi connectivity index (χ1) is 14.5. The van der Waals surface area contributed by atoms with Crippen LogP contribution in [0.4, 0.5) is 0 Å². The second-order valence-corrected chi connectivity index (χ2v) is 7.08. The van der Waals surface area contributed by atoms with Crippen molar-refractivity contribution in [1.29, 1.82) is 0 Å². The number of fused-ring (bicyclic) bond motifs is 1. The van der Waals surface area contributed by atoms with Crippen molar-refractivity contribution in [2.75, 3.05) is 34.4 Å². The first-order valence-corrected chi connectivity index (χ1v) is 9.60. The highest BCUT2D eigenvalue weighted by Gasteiger charge is 2.15. The van der Waals surface area contributed by atoms with Gasteiger partial charge in [-0.25, -0.2) is 4.98 Å². The summed E-state index contributed by atoms with van der Waals surface area (Å²) in [7, 11) is 5.54. The summed E-state index contributed by atoms with van der Waals surface area (Å²) < 4.78 is 10.6. The van der Waals surface area contributed by atoms with E-state index in [0.29, 0.717) is 23.3 Å². The third kappa shape index (κ3) is 5.43. The van der Waals surface area contributed by atoms with Crippen LogP contribution >= 0.6 is 0 Å². The lowest BCUT2D eigenvalue weighted by molar-refractivity contribution is -0.126. The van der Waals surface area contributed by atoms with E-state index in [0.717, 1.165) is 11.3 Å². The van der Waals surface area contributed by atoms with Gasteiger partial charge in [-0.2, -0.15) is 0 Å². The number of methoxy groups -OCH3 is 1. The number of aromatic amines is 1. The Labute approximate surface area is 174 Å². The number of carbonyl (C=O) groups is 1. The molecule has 0 spiro atoms. The Morgan fingerprint density at radius 2 is 1.90 bits per heavy atom. The summed E-state index contributed by atoms with van der Waals surface area (Å²) in [5.41, 5.74) is 1.44. The minimum Gasteiger partial charge on any atom is -0.497 e. The molecule has 30 heavy (non-hydrogen) atoms. The van der Waals surface area contributed by atoms with E-state index in [1.165, 1.54) is 0 Å². The second-order valence-electron chi connectivity index (χ2n) is 7.08. The fourth-order valence-electron chi connectivity index (χ4n) is 3.13. The normalized spacial score (nSPS) is 12.1. The van der Waals surface area contributed by atoms with Crippen LogP contribution in [-0.2, 0) is 16.1 Å². The zero-order valence-corrected chi connectivity index (χ0v) is 17.3. The van der Waals surface area contributed by atoms with Crippen LogP contribution in [-0.4, -0.2) is 55.1 Å². The molecule has 158 valence electrons. The van der Waals surface area contributed by atoms with E-state index in [9.17, 15) is 9.59 Å². The summed E-state index contributed by atoms with van der Waals surface area (Å²) in [6.45, 7) is 0.356. The summed E-state index contributed by atoms with van der Waals surface area (Å²) in [5, 5.41) is 3.41. The van der Waals surface area contributed by atoms with Gasteiger partial charge in [0.05, 0.1) is 24.1 Å². The highest BCUT2D eigenvalue weighted by molar-refractivity contribution is 5.77. The minimum atomic E-state index is -0.238. The Morgan fingerprint density at radius 3 is 2.60 bits per heavy atom. The molecule has 0 aliphatic rings. The van der Waals surface area contributed by atoms with Gasteiger partial charge in [0.15, 0.2) is 0 Å². The fourth-order valence-corrected chi connectivity index (χ4v) is 3.13. The third-order valence-corrected chi connectivity index (χ3v) is 4.75. The number of amides is 1. The predicted molar refractivity (Wildman–Crippen MR) is 114 cm³/mol. The number of H-pyrrole nitrogens is 1. The number of nitrogens with one attached hydrogen (secondary N) is 2. The van der Waals surface area contributed by atoms with Crippen molar-refractivity contribution in [2.45, 2.75) is 12.6 Å². The summed E-state index contributed by atoms with van der Waals surface area (Å²) in [6.07, 6.45) is 0. The molecule has 1 atom stereocenters. The molecule has 8 heteroatoms. The molecule has 0 aliphatic heterocycles. The van der Waals surface area contributed by atoms with Gasteiger partial charge in [-0.05, 0) is 43.9 Å². The van der Waals surface area contributed by atoms with E-state index in [1.54, 1.807) is 25.3 Å². The maximum absolute atomic E-state index is 12.2. The van der Waals surface area contributed by atoms with E-state index in [-0.39, 0.29) is 30.7 Å². The molecule has 3 aromatic rings. The molecule has 3 rings (SSSR count). The number of hydrogen-bond donors (Lipinski definition) is 2. The Kier molecular flexibility index (Phi) is 7.16. The van der Waals surface area contributed by atoms with Crippen molar-refractivity contribution in [3.63, 3.8) is 0 Å². The van der Waals surface area contributed by atoms with Gasteiger partial charge in [0.1, 0.15) is 24.8 Å². The standard InChI is InChI=1S/C22H26N4O4/c1-26(2)19(15-8-10-16(29-3)11-9-15)12-23-21(27)14-30-13-20-24-18-7-5-4-6-17(18)22(28)25-20/h4-11,19H,12-14H2,1-3H3,(H,23,27)(H,24,25,28)/t19-/m0/s1. The van der Waals surface area contributed by atoms with Gasteiger partial charge >= 0.3 is 0 Å². The van der Waals surface area contributed by atoms with Crippen LogP contribution in [0.5, 0.6) is 5.75 Å². The number of aromatic nitrogens is 2. The molecule has 1 amide bonds. The van der Waals surface area contributed by atoms with E-state index < -0.39 is 0 Å². The van der Waals surface area contributed by atoms with Gasteiger partial charge < -0.3 is 24.7 Å². The molecule has 0 radical (unpaired) electrons. The number of ether oxygens (including phenoxy) is 2. The molecular weight excluding hydrogens is 384 g/mol. The molecule has 0 saturated carbocycles. The summed E-state index contributed by atoms with van der Waals surface area (Å²) >= 11 is 0. The highest BCUT2D eigenvalue weighted by Crippen LogP contribution is 2.20. The lowest BCUT2D eigenvalue weighted by Gasteiger charge is -2.25. The molecule has 0 fully saturated rings. The molecular formula is C22H26N4O4. The minimum absolute atomic E-state index is 0.0124. The van der Waals surface area contributed by atoms with Gasteiger partial charge in [-0.3, -0.25) is 9.59 Å². The maximum atomic E-state index is 12.2. The van der Waals surface area contributed by atoms with Crippen LogP contribution in [0, 0.1) is 0 Å². The van der Waals surface area contributed by atoms with Crippen molar-refractivity contribution in [1.82, 2.24) is 20.2 Å². The zero-order valence-electron chi connectivity index (χ0n) is 17.3. The van der Waals surface area contributed by atoms with E-state index in [4.69, 9.17) is 9.47 Å². The molecule has 0 bridgehead atoms. The highest BCUT2D eigenvalue weighted by atomic mass is 16.5. The van der Waals surface area contributed by atoms with Crippen LogP contribution in [0.1, 0.15) is 17.4 Å². The number of para-hydroxylation sites is 1. The van der Waals surface area contributed by atoms with Gasteiger partial charge in [0.25, 0.3) is 5.56 Å². The number of hydrogen-bond acceptors (Lipinski definition) is 6. The quantitative estimate of drug-likeness (QED) is 0.559. The van der Waals surface area contributed by atoms with Gasteiger partial charge in [0.2, 0.25) is 5.91 Å². The van der Waals surface area contributed by atoms with Gasteiger partial charge in [0, 0.05) is 6.54 Å². The maximum Gasteiger partial charge on any atom is 0.258 e. The third-order valence-electron chi connectivity index (χ3n) is 4.75. The topological polar surface area (TPSA) is 96.5 Å². The SMILES string of the molecule is COc1ccc([C@H](CNC(=O)COCc2nc3ccccc3c(=O)[nH]2)N(C)C)cc1. The zero-order chi connectivity index (χ0) is 21.5. The number of rotatable bonds is 9. The molecule has 0 aliphatic carbocycles. The molecule has 1 aromatic heterocycles. The van der Waals surface area contributed by atoms with Crippen LogP contribution in [0.2, 0.25) is 0 Å². The monoisotopic (exact) mass is 410 g/mol. The lowest BCUT2D eigenvalue weighted by atomic mass is 10.1. The Balaban J connectivity index is 1.51. The molecule has 0 unspecified atom stereocenters. The number of benzene rings is 2. The molecule has 2 N–H and O–H groups in total. The smallest absolute Gasteiger partial charge is 0.258 e. The van der Waals surface area contributed by atoms with Crippen LogP contribution in [0.25, 0.3) is 10.9 Å². The average molecular weight is 410 g/mol. The first kappa shape index (κ1) is 21.5. The average Bonchev–Trinajstić information content (AvgIpc) is 2.74. The summed E-state index contributed by atoms with van der Waals surface area (Å²) in [6, 6.07) is 14.8.